The van der Waals surface area contributed by atoms with E-state index in [1.54, 1.807) is 30.5 Å². The number of nitrogens with zero attached hydrogens (tertiary/aromatic N) is 3. The van der Waals surface area contributed by atoms with Crippen molar-refractivity contribution in [1.29, 1.82) is 0 Å². The number of allylic oxidation sites excluding steroid dienone is 2. The second-order valence-corrected chi connectivity index (χ2v) is 13.5. The van der Waals surface area contributed by atoms with E-state index >= 15 is 0 Å². The molecule has 3 aromatic carbocycles. The molecule has 3 aromatic rings. The molecule has 10 heteroatoms. The van der Waals surface area contributed by atoms with Gasteiger partial charge >= 0.3 is 6.03 Å². The summed E-state index contributed by atoms with van der Waals surface area (Å²) < 4.78 is 6.09. The molecule has 0 bridgehead atoms. The van der Waals surface area contributed by atoms with Gasteiger partial charge in [0.2, 0.25) is 5.91 Å². The van der Waals surface area contributed by atoms with Crippen molar-refractivity contribution in [2.24, 2.45) is 21.7 Å². The van der Waals surface area contributed by atoms with Gasteiger partial charge in [-0.3, -0.25) is 9.59 Å². The SMILES string of the molecule is CC(=O)Nc1cccc(C(=O)N2CCC(Cc3cccc(NC(=O)NN=NC4=CC(C(C)(C)C)=COC4c4ccc(C)cc4)c3)CC2)c1. The number of hydrogen-bond donors (Lipinski definition) is 3. The lowest BCUT2D eigenvalue weighted by Gasteiger charge is -2.32. The van der Waals surface area contributed by atoms with Crippen molar-refractivity contribution in [3.8, 4) is 0 Å². The van der Waals surface area contributed by atoms with Crippen molar-refractivity contribution >= 4 is 29.2 Å². The second kappa shape index (κ2) is 15.1. The lowest BCUT2D eigenvalue weighted by Crippen LogP contribution is -2.38. The number of urea groups is 1. The van der Waals surface area contributed by atoms with E-state index in [1.807, 2.05) is 60.4 Å². The monoisotopic (exact) mass is 648 g/mol. The standard InChI is InChI=1S/C38H44N6O4/c1-25-12-14-29(15-13-25)35-34(23-31(24-48-35)38(3,4)5)41-43-42-37(47)40-32-10-6-8-28(21-32)20-27-16-18-44(19-17-27)36(46)30-9-7-11-33(22-30)39-26(2)45/h6-15,21-24,27,35H,16-20H2,1-5H3,(H,39,45)(H2,40,41,42,47). The zero-order chi connectivity index (χ0) is 34.3. The lowest BCUT2D eigenvalue weighted by molar-refractivity contribution is -0.114. The van der Waals surface area contributed by atoms with Gasteiger partial charge in [-0.15, -0.1) is 5.11 Å². The van der Waals surface area contributed by atoms with E-state index in [0.29, 0.717) is 41.6 Å². The van der Waals surface area contributed by atoms with E-state index in [-0.39, 0.29) is 17.2 Å². The average Bonchev–Trinajstić information content (AvgIpc) is 3.05. The van der Waals surface area contributed by atoms with Gasteiger partial charge in [-0.2, -0.15) is 0 Å². The van der Waals surface area contributed by atoms with Crippen LogP contribution in [-0.4, -0.2) is 35.8 Å². The fourth-order valence-electron chi connectivity index (χ4n) is 5.80. The fraction of sp³-hybridized carbons (Fsp3) is 0.342. The summed E-state index contributed by atoms with van der Waals surface area (Å²) in [6.07, 6.45) is 5.90. The minimum Gasteiger partial charge on any atom is -0.487 e. The number of likely N-dealkylation sites (tertiary alicyclic amines) is 1. The zero-order valence-corrected chi connectivity index (χ0v) is 28.2. The van der Waals surface area contributed by atoms with Crippen LogP contribution in [0, 0.1) is 18.3 Å². The van der Waals surface area contributed by atoms with Crippen molar-refractivity contribution in [3.63, 3.8) is 0 Å². The third-order valence-electron chi connectivity index (χ3n) is 8.51. The largest absolute Gasteiger partial charge is 0.487 e. The molecular formula is C38H44N6O4. The van der Waals surface area contributed by atoms with Crippen LogP contribution in [0.25, 0.3) is 0 Å². The summed E-state index contributed by atoms with van der Waals surface area (Å²) in [7, 11) is 0. The summed E-state index contributed by atoms with van der Waals surface area (Å²) in [5, 5.41) is 14.0. The maximum atomic E-state index is 13.1. The van der Waals surface area contributed by atoms with Gasteiger partial charge in [-0.25, -0.2) is 10.2 Å². The summed E-state index contributed by atoms with van der Waals surface area (Å²) >= 11 is 0. The van der Waals surface area contributed by atoms with Gasteiger partial charge in [0.05, 0.1) is 6.26 Å². The van der Waals surface area contributed by atoms with E-state index in [4.69, 9.17) is 4.74 Å². The molecule has 2 heterocycles. The van der Waals surface area contributed by atoms with Gasteiger partial charge in [0.25, 0.3) is 5.91 Å². The van der Waals surface area contributed by atoms with Crippen molar-refractivity contribution in [3.05, 3.63) is 119 Å². The van der Waals surface area contributed by atoms with Gasteiger partial charge in [-0.05, 0) is 90.6 Å². The Morgan fingerprint density at radius 3 is 2.29 bits per heavy atom. The Balaban J connectivity index is 1.14. The molecule has 0 saturated carbocycles. The van der Waals surface area contributed by atoms with Crippen LogP contribution in [0.5, 0.6) is 0 Å². The first-order valence-electron chi connectivity index (χ1n) is 16.3. The Kier molecular flexibility index (Phi) is 10.7. The van der Waals surface area contributed by atoms with Crippen LogP contribution in [0.1, 0.15) is 73.7 Å². The highest BCUT2D eigenvalue weighted by Crippen LogP contribution is 2.37. The minimum atomic E-state index is -0.499. The molecule has 1 fully saturated rings. The number of ether oxygens (including phenoxy) is 1. The molecule has 2 aliphatic rings. The van der Waals surface area contributed by atoms with Crippen LogP contribution >= 0.6 is 0 Å². The maximum Gasteiger partial charge on any atom is 0.341 e. The molecule has 0 radical (unpaired) electrons. The first-order valence-corrected chi connectivity index (χ1v) is 16.3. The van der Waals surface area contributed by atoms with Crippen LogP contribution in [0.3, 0.4) is 0 Å². The lowest BCUT2D eigenvalue weighted by atomic mass is 9.85. The highest BCUT2D eigenvalue weighted by molar-refractivity contribution is 5.97. The highest BCUT2D eigenvalue weighted by atomic mass is 16.5. The number of nitrogens with one attached hydrogen (secondary N) is 3. The molecule has 5 rings (SSSR count). The van der Waals surface area contributed by atoms with E-state index in [1.165, 1.54) is 6.92 Å². The third kappa shape index (κ3) is 9.18. The first kappa shape index (κ1) is 34.1. The van der Waals surface area contributed by atoms with Gasteiger partial charge < -0.3 is 20.3 Å². The smallest absolute Gasteiger partial charge is 0.341 e. The number of hydrogen-bond acceptors (Lipinski definition) is 6. The van der Waals surface area contributed by atoms with E-state index in [0.717, 1.165) is 41.5 Å². The number of benzene rings is 3. The molecule has 0 aromatic heterocycles. The summed E-state index contributed by atoms with van der Waals surface area (Å²) in [4.78, 5) is 39.1. The molecule has 0 spiro atoms. The minimum absolute atomic E-state index is 0.0286. The van der Waals surface area contributed by atoms with E-state index < -0.39 is 12.1 Å². The molecule has 1 unspecified atom stereocenters. The van der Waals surface area contributed by atoms with Crippen LogP contribution in [0.2, 0.25) is 0 Å². The van der Waals surface area contributed by atoms with E-state index in [2.05, 4.69) is 53.2 Å². The van der Waals surface area contributed by atoms with Crippen molar-refractivity contribution in [2.45, 2.75) is 60.0 Å². The van der Waals surface area contributed by atoms with Gasteiger partial charge in [0, 0.05) is 37.0 Å². The Hall–Kier alpha value is -5.25. The normalized spacial score (nSPS) is 16.9. The van der Waals surface area contributed by atoms with Crippen LogP contribution in [0.15, 0.2) is 107 Å². The summed E-state index contributed by atoms with van der Waals surface area (Å²) in [5.41, 5.74) is 8.96. The Labute approximate surface area is 282 Å². The number of aryl methyl sites for hydroxylation is 1. The Bertz CT molecular complexity index is 1730. The van der Waals surface area contributed by atoms with Crippen LogP contribution in [-0.2, 0) is 16.0 Å². The Morgan fingerprint density at radius 1 is 0.917 bits per heavy atom. The quantitative estimate of drug-likeness (QED) is 0.169. The van der Waals surface area contributed by atoms with Crippen molar-refractivity contribution in [1.82, 2.24) is 10.3 Å². The summed E-state index contributed by atoms with van der Waals surface area (Å²) in [5.74, 6) is 0.213. The number of carbonyl (C=O) groups is 3. The molecule has 1 saturated heterocycles. The third-order valence-corrected chi connectivity index (χ3v) is 8.51. The number of carbonyl (C=O) groups excluding carboxylic acids is 3. The zero-order valence-electron chi connectivity index (χ0n) is 28.2. The van der Waals surface area contributed by atoms with Gasteiger partial charge in [-0.1, -0.05) is 74.0 Å². The number of piperidine rings is 1. The second-order valence-electron chi connectivity index (χ2n) is 13.5. The number of amides is 4. The molecule has 0 aliphatic carbocycles. The van der Waals surface area contributed by atoms with E-state index in [9.17, 15) is 14.4 Å². The first-order chi connectivity index (χ1) is 22.9. The average molecular weight is 649 g/mol. The van der Waals surface area contributed by atoms with Gasteiger partial charge in [0.1, 0.15) is 5.70 Å². The highest BCUT2D eigenvalue weighted by Gasteiger charge is 2.27. The summed E-state index contributed by atoms with van der Waals surface area (Å²) in [6, 6.07) is 22.4. The predicted molar refractivity (Wildman–Crippen MR) is 187 cm³/mol. The van der Waals surface area contributed by atoms with Crippen LogP contribution in [0.4, 0.5) is 16.2 Å². The van der Waals surface area contributed by atoms with Crippen LogP contribution < -0.4 is 16.1 Å². The molecule has 4 amide bonds. The number of anilines is 2. The van der Waals surface area contributed by atoms with Crippen molar-refractivity contribution < 1.29 is 19.1 Å². The molecule has 48 heavy (non-hydrogen) atoms. The fourth-order valence-corrected chi connectivity index (χ4v) is 5.80. The molecule has 250 valence electrons. The summed E-state index contributed by atoms with van der Waals surface area (Å²) in [6.45, 7) is 11.1. The molecule has 1 atom stereocenters. The molecule has 2 aliphatic heterocycles. The Morgan fingerprint density at radius 2 is 1.60 bits per heavy atom. The van der Waals surface area contributed by atoms with Gasteiger partial charge in [0.15, 0.2) is 6.10 Å². The number of rotatable bonds is 8. The topological polar surface area (TPSA) is 124 Å². The molecule has 10 nitrogen and oxygen atoms in total. The molecular weight excluding hydrogens is 604 g/mol. The maximum absolute atomic E-state index is 13.1. The van der Waals surface area contributed by atoms with Crippen molar-refractivity contribution in [2.75, 3.05) is 23.7 Å². The predicted octanol–water partition coefficient (Wildman–Crippen LogP) is 8.12. The molecule has 3 N–H and O–H groups in total.